The van der Waals surface area contributed by atoms with Crippen LogP contribution < -0.4 is 10.6 Å². The van der Waals surface area contributed by atoms with Gasteiger partial charge in [0.15, 0.2) is 11.5 Å². The van der Waals surface area contributed by atoms with Gasteiger partial charge in [0.05, 0.1) is 5.69 Å². The smallest absolute Gasteiger partial charge is 0.315 e. The first-order valence-electron chi connectivity index (χ1n) is 12.8. The molecule has 10 nitrogen and oxygen atoms in total. The van der Waals surface area contributed by atoms with Crippen molar-refractivity contribution in [2.45, 2.75) is 45.0 Å². The van der Waals surface area contributed by atoms with Crippen molar-refractivity contribution in [2.75, 3.05) is 5.32 Å². The number of H-pyrrole nitrogens is 1. The van der Waals surface area contributed by atoms with Crippen LogP contribution in [0.25, 0.3) is 33.7 Å². The standard InChI is InChI=1S/C29H27ClFN7O3/c1-15(30)25(39)34-21-8-6-5-7-19(21)23-35-22-18(11-12-32-24(22)36-23)16-9-10-17(20(31)13-16)14-33-26(40)27-37-28(38-41-27)29(2,3)4/h5-13,15H,14H2,1-4H3,(H,33,40)(H,34,39)(H,32,35,36). The van der Waals surface area contributed by atoms with Crippen LogP contribution in [-0.2, 0) is 16.8 Å². The second-order valence-electron chi connectivity index (χ2n) is 10.5. The molecule has 12 heteroatoms. The highest BCUT2D eigenvalue weighted by molar-refractivity contribution is 6.32. The Balaban J connectivity index is 1.38. The average molecular weight is 576 g/mol. The summed E-state index contributed by atoms with van der Waals surface area (Å²) in [4.78, 5) is 41.1. The molecule has 5 aromatic rings. The molecule has 0 aliphatic heterocycles. The molecule has 0 saturated heterocycles. The monoisotopic (exact) mass is 575 g/mol. The van der Waals surface area contributed by atoms with Gasteiger partial charge in [0.2, 0.25) is 5.91 Å². The maximum Gasteiger partial charge on any atom is 0.315 e. The molecule has 1 atom stereocenters. The summed E-state index contributed by atoms with van der Waals surface area (Å²) in [6, 6.07) is 13.6. The minimum absolute atomic E-state index is 0.0695. The molecule has 0 saturated carbocycles. The Morgan fingerprint density at radius 1 is 1.10 bits per heavy atom. The lowest BCUT2D eigenvalue weighted by molar-refractivity contribution is -0.115. The zero-order valence-corrected chi connectivity index (χ0v) is 23.5. The molecular weight excluding hydrogens is 549 g/mol. The number of carbonyl (C=O) groups is 2. The maximum absolute atomic E-state index is 15.2. The van der Waals surface area contributed by atoms with E-state index in [0.29, 0.717) is 45.2 Å². The van der Waals surface area contributed by atoms with Crippen molar-refractivity contribution < 1.29 is 18.5 Å². The molecule has 1 unspecified atom stereocenters. The largest absolute Gasteiger partial charge is 0.344 e. The molecule has 0 bridgehead atoms. The molecule has 2 amide bonds. The normalized spacial score (nSPS) is 12.3. The second kappa shape index (κ2) is 11.1. The Morgan fingerprint density at radius 3 is 2.59 bits per heavy atom. The van der Waals surface area contributed by atoms with E-state index in [1.807, 2.05) is 32.9 Å². The summed E-state index contributed by atoms with van der Waals surface area (Å²) >= 11 is 5.93. The van der Waals surface area contributed by atoms with Crippen LogP contribution in [0.15, 0.2) is 59.3 Å². The van der Waals surface area contributed by atoms with Crippen molar-refractivity contribution in [2.24, 2.45) is 0 Å². The average Bonchev–Trinajstić information content (AvgIpc) is 3.60. The number of benzene rings is 2. The van der Waals surface area contributed by atoms with E-state index in [1.165, 1.54) is 6.07 Å². The van der Waals surface area contributed by atoms with Crippen molar-refractivity contribution in [3.8, 4) is 22.5 Å². The van der Waals surface area contributed by atoms with Crippen LogP contribution in [0.1, 0.15) is 49.8 Å². The summed E-state index contributed by atoms with van der Waals surface area (Å²) in [6.45, 7) is 7.22. The number of carbonyl (C=O) groups excluding carboxylic acids is 2. The van der Waals surface area contributed by atoms with E-state index in [2.05, 4.69) is 30.7 Å². The van der Waals surface area contributed by atoms with Crippen LogP contribution in [0.5, 0.6) is 0 Å². The van der Waals surface area contributed by atoms with Crippen molar-refractivity contribution >= 4 is 40.3 Å². The van der Waals surface area contributed by atoms with Gasteiger partial charge in [-0.05, 0) is 36.8 Å². The minimum Gasteiger partial charge on any atom is -0.344 e. The first kappa shape index (κ1) is 27.9. The van der Waals surface area contributed by atoms with Gasteiger partial charge in [-0.1, -0.05) is 50.2 Å². The number of imidazole rings is 1. The second-order valence-corrected chi connectivity index (χ2v) is 11.1. The van der Waals surface area contributed by atoms with Gasteiger partial charge in [0.25, 0.3) is 0 Å². The summed E-state index contributed by atoms with van der Waals surface area (Å²) < 4.78 is 20.2. The third kappa shape index (κ3) is 5.94. The van der Waals surface area contributed by atoms with Gasteiger partial charge in [0, 0.05) is 34.8 Å². The predicted octanol–water partition coefficient (Wildman–Crippen LogP) is 5.61. The van der Waals surface area contributed by atoms with E-state index >= 15 is 4.39 Å². The number of rotatable bonds is 7. The van der Waals surface area contributed by atoms with Crippen molar-refractivity contribution in [3.05, 3.63) is 77.8 Å². The van der Waals surface area contributed by atoms with E-state index in [4.69, 9.17) is 21.1 Å². The first-order chi connectivity index (χ1) is 19.5. The summed E-state index contributed by atoms with van der Waals surface area (Å²) in [6.07, 6.45) is 1.60. The number of anilines is 1. The van der Waals surface area contributed by atoms with Crippen LogP contribution in [-0.4, -0.2) is 42.3 Å². The lowest BCUT2D eigenvalue weighted by atomic mass is 9.96. The molecule has 210 valence electrons. The van der Waals surface area contributed by atoms with Gasteiger partial charge in [0.1, 0.15) is 22.5 Å². The fraction of sp³-hybridized carbons (Fsp3) is 0.241. The molecule has 3 aromatic heterocycles. The number of aromatic nitrogens is 5. The van der Waals surface area contributed by atoms with E-state index in [1.54, 1.807) is 43.5 Å². The summed E-state index contributed by atoms with van der Waals surface area (Å²) in [5, 5.41) is 8.55. The Labute approximate surface area is 239 Å². The zero-order chi connectivity index (χ0) is 29.3. The predicted molar refractivity (Wildman–Crippen MR) is 153 cm³/mol. The van der Waals surface area contributed by atoms with Crippen LogP contribution in [0, 0.1) is 5.82 Å². The Bertz CT molecular complexity index is 1760. The lowest BCUT2D eigenvalue weighted by Gasteiger charge is -2.10. The third-order valence-electron chi connectivity index (χ3n) is 6.28. The number of aromatic amines is 1. The Morgan fingerprint density at radius 2 is 1.88 bits per heavy atom. The van der Waals surface area contributed by atoms with Crippen LogP contribution >= 0.6 is 11.6 Å². The number of hydrogen-bond acceptors (Lipinski definition) is 7. The van der Waals surface area contributed by atoms with Gasteiger partial charge in [-0.15, -0.1) is 11.6 Å². The molecule has 0 aliphatic rings. The summed E-state index contributed by atoms with van der Waals surface area (Å²) in [5.74, 6) is -0.734. The lowest BCUT2D eigenvalue weighted by Crippen LogP contribution is -2.24. The van der Waals surface area contributed by atoms with E-state index in [-0.39, 0.29) is 29.3 Å². The van der Waals surface area contributed by atoms with Crippen LogP contribution in [0.2, 0.25) is 0 Å². The quantitative estimate of drug-likeness (QED) is 0.214. The number of fused-ring (bicyclic) bond motifs is 1. The van der Waals surface area contributed by atoms with Crippen LogP contribution in [0.4, 0.5) is 10.1 Å². The molecule has 2 aromatic carbocycles. The SMILES string of the molecule is CC(Cl)C(=O)Nc1ccccc1-c1nc2c(-c3ccc(CNC(=O)c4nc(C(C)(C)C)no4)c(F)c3)ccnc2[nH]1. The number of halogens is 2. The highest BCUT2D eigenvalue weighted by Gasteiger charge is 2.24. The number of para-hydroxylation sites is 1. The highest BCUT2D eigenvalue weighted by Crippen LogP contribution is 2.32. The molecule has 0 radical (unpaired) electrons. The van der Waals surface area contributed by atoms with Crippen molar-refractivity contribution in [1.29, 1.82) is 0 Å². The van der Waals surface area contributed by atoms with Gasteiger partial charge < -0.3 is 20.1 Å². The van der Waals surface area contributed by atoms with Crippen molar-refractivity contribution in [3.63, 3.8) is 0 Å². The molecule has 41 heavy (non-hydrogen) atoms. The topological polar surface area (TPSA) is 139 Å². The number of amides is 2. The summed E-state index contributed by atoms with van der Waals surface area (Å²) in [5.41, 5.74) is 3.35. The van der Waals surface area contributed by atoms with Crippen molar-refractivity contribution in [1.82, 2.24) is 30.4 Å². The van der Waals surface area contributed by atoms with Gasteiger partial charge >= 0.3 is 11.8 Å². The van der Waals surface area contributed by atoms with Gasteiger partial charge in [-0.3, -0.25) is 9.59 Å². The fourth-order valence-corrected chi connectivity index (χ4v) is 4.09. The van der Waals surface area contributed by atoms with Gasteiger partial charge in [-0.2, -0.15) is 4.98 Å². The number of hydrogen-bond donors (Lipinski definition) is 3. The Hall–Kier alpha value is -4.64. The summed E-state index contributed by atoms with van der Waals surface area (Å²) in [7, 11) is 0. The molecule has 0 aliphatic carbocycles. The minimum atomic E-state index is -0.710. The number of nitrogens with one attached hydrogen (secondary N) is 3. The fourth-order valence-electron chi connectivity index (χ4n) is 4.03. The highest BCUT2D eigenvalue weighted by atomic mass is 35.5. The van der Waals surface area contributed by atoms with Crippen LogP contribution in [0.3, 0.4) is 0 Å². The van der Waals surface area contributed by atoms with Gasteiger partial charge in [-0.25, -0.2) is 14.4 Å². The van der Waals surface area contributed by atoms with E-state index in [0.717, 1.165) is 0 Å². The molecule has 3 heterocycles. The maximum atomic E-state index is 15.2. The number of pyridine rings is 1. The third-order valence-corrected chi connectivity index (χ3v) is 6.48. The molecule has 3 N–H and O–H groups in total. The number of nitrogens with zero attached hydrogens (tertiary/aromatic N) is 4. The molecule has 0 fully saturated rings. The zero-order valence-electron chi connectivity index (χ0n) is 22.8. The van der Waals surface area contributed by atoms with E-state index < -0.39 is 17.1 Å². The molecule has 5 rings (SSSR count). The van der Waals surface area contributed by atoms with E-state index in [9.17, 15) is 9.59 Å². The number of alkyl halides is 1. The first-order valence-corrected chi connectivity index (χ1v) is 13.2. The molecular formula is C29H27ClFN7O3. The Kier molecular flexibility index (Phi) is 7.55. The molecule has 0 spiro atoms.